The summed E-state index contributed by atoms with van der Waals surface area (Å²) in [6, 6.07) is -0.839. The van der Waals surface area contributed by atoms with Gasteiger partial charge in [-0.05, 0) is 24.7 Å². The van der Waals surface area contributed by atoms with Gasteiger partial charge in [-0.25, -0.2) is 9.79 Å². The van der Waals surface area contributed by atoms with Crippen LogP contribution in [-0.4, -0.2) is 17.8 Å². The first-order valence-corrected chi connectivity index (χ1v) is 6.11. The van der Waals surface area contributed by atoms with Gasteiger partial charge in [-0.1, -0.05) is 33.6 Å². The summed E-state index contributed by atoms with van der Waals surface area (Å²) in [5.74, 6) is -0.773. The van der Waals surface area contributed by atoms with E-state index in [1.165, 1.54) is 0 Å². The zero-order valence-electron chi connectivity index (χ0n) is 11.6. The van der Waals surface area contributed by atoms with Crippen molar-refractivity contribution < 1.29 is 44.3 Å². The summed E-state index contributed by atoms with van der Waals surface area (Å²) in [6.45, 7) is 5.85. The van der Waals surface area contributed by atoms with Crippen LogP contribution in [0.2, 0.25) is 0 Å². The summed E-state index contributed by atoms with van der Waals surface area (Å²) in [5.41, 5.74) is -1.13. The van der Waals surface area contributed by atoms with Crippen molar-refractivity contribution in [2.45, 2.75) is 46.5 Å². The van der Waals surface area contributed by atoms with Crippen LogP contribution in [0.4, 0.5) is 4.79 Å². The van der Waals surface area contributed by atoms with Gasteiger partial charge < -0.3 is 5.11 Å². The normalized spacial score (nSPS) is 23.4. The second kappa shape index (κ2) is 7.26. The predicted molar refractivity (Wildman–Crippen MR) is 62.4 cm³/mol. The Morgan fingerprint density at radius 1 is 1.28 bits per heavy atom. The number of nitrogens with zero attached hydrogens (tertiary/aromatic N) is 1. The molecule has 0 saturated carbocycles. The minimum absolute atomic E-state index is 0. The van der Waals surface area contributed by atoms with E-state index in [0.717, 1.165) is 12.8 Å². The molecule has 1 aliphatic rings. The largest absolute Gasteiger partial charge is 1.00 e. The number of carbonyl (C=O) groups is 2. The van der Waals surface area contributed by atoms with Crippen LogP contribution in [0, 0.1) is 11.3 Å². The molecule has 1 heterocycles. The Bertz CT molecular complexity index is 353. The van der Waals surface area contributed by atoms with Crippen LogP contribution >= 0.6 is 0 Å². The first kappa shape index (κ1) is 17.6. The Morgan fingerprint density at radius 3 is 2.22 bits per heavy atom. The van der Waals surface area contributed by atoms with Crippen LogP contribution in [0.25, 0.3) is 0 Å². The van der Waals surface area contributed by atoms with E-state index in [4.69, 9.17) is 0 Å². The Hall–Kier alpha value is -0.390. The molecule has 96 valence electrons. The molecular weight excluding hydrogens is 243 g/mol. The minimum Gasteiger partial charge on any atom is -0.861 e. The molecule has 1 atom stereocenters. The van der Waals surface area contributed by atoms with Crippen LogP contribution in [-0.2, 0) is 4.79 Å². The van der Waals surface area contributed by atoms with Crippen molar-refractivity contribution >= 4 is 17.8 Å². The molecule has 0 spiro atoms. The van der Waals surface area contributed by atoms with E-state index in [2.05, 4.69) is 10.3 Å². The third-order valence-electron chi connectivity index (χ3n) is 3.66. The maximum absolute atomic E-state index is 11.9. The van der Waals surface area contributed by atoms with E-state index in [1.807, 2.05) is 13.8 Å². The molecule has 1 aliphatic heterocycles. The van der Waals surface area contributed by atoms with Gasteiger partial charge in [0.05, 0.1) is 5.41 Å². The van der Waals surface area contributed by atoms with Crippen LogP contribution in [0.5, 0.6) is 0 Å². The summed E-state index contributed by atoms with van der Waals surface area (Å²) in [4.78, 5) is 26.3. The molecule has 18 heavy (non-hydrogen) atoms. The van der Waals surface area contributed by atoms with Crippen LogP contribution in [0.1, 0.15) is 46.5 Å². The van der Waals surface area contributed by atoms with Gasteiger partial charge in [0, 0.05) is 0 Å². The van der Waals surface area contributed by atoms with Crippen molar-refractivity contribution in [3.8, 4) is 0 Å². The van der Waals surface area contributed by atoms with Crippen molar-refractivity contribution in [3.05, 3.63) is 0 Å². The molecule has 0 saturated heterocycles. The van der Waals surface area contributed by atoms with Crippen molar-refractivity contribution in [1.29, 1.82) is 0 Å². The molecule has 1 N–H and O–H groups in total. The third-order valence-corrected chi connectivity index (χ3v) is 3.66. The minimum atomic E-state index is -1.13. The topological polar surface area (TPSA) is 81.6 Å². The molecule has 6 heteroatoms. The van der Waals surface area contributed by atoms with Crippen molar-refractivity contribution in [3.63, 3.8) is 0 Å². The number of amides is 3. The molecular formula is C12H19N2NaO3. The Morgan fingerprint density at radius 2 is 1.83 bits per heavy atom. The van der Waals surface area contributed by atoms with Crippen molar-refractivity contribution in [2.24, 2.45) is 16.3 Å². The number of hydrogen-bond acceptors (Lipinski definition) is 3. The van der Waals surface area contributed by atoms with E-state index in [0.29, 0.717) is 18.8 Å². The summed E-state index contributed by atoms with van der Waals surface area (Å²) in [6.07, 6.45) is 2.67. The quantitative estimate of drug-likeness (QED) is 0.595. The van der Waals surface area contributed by atoms with Gasteiger partial charge in [-0.2, -0.15) is 0 Å². The first-order valence-electron chi connectivity index (χ1n) is 6.11. The standard InChI is InChI=1S/C12H20N2O3.Na/c1-4-8(5-2)7-12(6-3)9(15)13-11(17)14-10(12)16;/h8H,4-7H2,1-3H3,(H2,13,14,15,16,17);/q;+1/p-1. The first-order chi connectivity index (χ1) is 8.00. The zero-order chi connectivity index (χ0) is 13.1. The summed E-state index contributed by atoms with van der Waals surface area (Å²) >= 11 is 0. The number of rotatable bonds is 5. The molecule has 0 fully saturated rings. The van der Waals surface area contributed by atoms with Gasteiger partial charge >= 0.3 is 35.6 Å². The number of imide groups is 1. The summed E-state index contributed by atoms with van der Waals surface area (Å²) in [7, 11) is 0. The summed E-state index contributed by atoms with van der Waals surface area (Å²) in [5, 5.41) is 14.0. The molecule has 5 nitrogen and oxygen atoms in total. The Balaban J connectivity index is 0.00000289. The fraction of sp³-hybridized carbons (Fsp3) is 0.750. The molecule has 1 rings (SSSR count). The van der Waals surface area contributed by atoms with Gasteiger partial charge in [0.2, 0.25) is 5.91 Å². The molecule has 0 aromatic rings. The van der Waals surface area contributed by atoms with E-state index in [9.17, 15) is 14.7 Å². The van der Waals surface area contributed by atoms with E-state index < -0.39 is 23.3 Å². The van der Waals surface area contributed by atoms with Gasteiger partial charge in [0.1, 0.15) is 0 Å². The number of hydrogen-bond donors (Lipinski definition) is 1. The van der Waals surface area contributed by atoms with Crippen LogP contribution in [0.15, 0.2) is 4.99 Å². The molecule has 0 aromatic carbocycles. The SMILES string of the molecule is CCC(CC)CC1(CC)C(=O)NC(=O)N=C1[O-].[Na+]. The number of urea groups is 1. The molecule has 0 radical (unpaired) electrons. The zero-order valence-corrected chi connectivity index (χ0v) is 13.6. The van der Waals surface area contributed by atoms with Crippen LogP contribution < -0.4 is 40.0 Å². The van der Waals surface area contributed by atoms with E-state index >= 15 is 0 Å². The maximum atomic E-state index is 11.9. The average molecular weight is 262 g/mol. The number of carbonyl (C=O) groups excluding carboxylic acids is 2. The molecule has 1 unspecified atom stereocenters. The second-order valence-corrected chi connectivity index (χ2v) is 4.50. The fourth-order valence-corrected chi connectivity index (χ4v) is 2.25. The van der Waals surface area contributed by atoms with Crippen LogP contribution in [0.3, 0.4) is 0 Å². The predicted octanol–water partition coefficient (Wildman–Crippen LogP) is -1.78. The van der Waals surface area contributed by atoms with Crippen molar-refractivity contribution in [2.75, 3.05) is 0 Å². The summed E-state index contributed by atoms with van der Waals surface area (Å²) < 4.78 is 0. The van der Waals surface area contributed by atoms with Gasteiger partial charge in [-0.3, -0.25) is 10.1 Å². The smallest absolute Gasteiger partial charge is 0.861 e. The van der Waals surface area contributed by atoms with E-state index in [1.54, 1.807) is 6.92 Å². The monoisotopic (exact) mass is 262 g/mol. The molecule has 0 aliphatic carbocycles. The fourth-order valence-electron chi connectivity index (χ4n) is 2.25. The molecule has 0 aromatic heterocycles. The van der Waals surface area contributed by atoms with Crippen molar-refractivity contribution in [1.82, 2.24) is 5.32 Å². The van der Waals surface area contributed by atoms with E-state index in [-0.39, 0.29) is 29.6 Å². The Labute approximate surface area is 130 Å². The number of aliphatic imine (C=N–C) groups is 1. The number of nitrogens with one attached hydrogen (secondary N) is 1. The Kier molecular flexibility index (Phi) is 7.10. The molecule has 3 amide bonds. The average Bonchev–Trinajstić information content (AvgIpc) is 2.29. The third kappa shape index (κ3) is 3.33. The molecule has 0 bridgehead atoms. The van der Waals surface area contributed by atoms with Gasteiger partial charge in [-0.15, -0.1) is 0 Å². The van der Waals surface area contributed by atoms with Gasteiger partial charge in [0.15, 0.2) is 0 Å². The van der Waals surface area contributed by atoms with Gasteiger partial charge in [0.25, 0.3) is 0 Å². The maximum Gasteiger partial charge on any atom is 1.00 e. The second-order valence-electron chi connectivity index (χ2n) is 4.50.